The number of halogens is 5. The average Bonchev–Trinajstić information content (AvgIpc) is 2.65. The third kappa shape index (κ3) is 4.48. The quantitative estimate of drug-likeness (QED) is 0.269. The first-order valence-electron chi connectivity index (χ1n) is 8.38. The Labute approximate surface area is 165 Å². The number of terminal acetylenes is 1. The highest BCUT2D eigenvalue weighted by Gasteiger charge is 2.29. The van der Waals surface area contributed by atoms with Crippen molar-refractivity contribution in [2.45, 2.75) is 32.8 Å². The minimum atomic E-state index is -1.63. The Morgan fingerprint density at radius 1 is 1.04 bits per heavy atom. The Hall–Kier alpha value is -2.52. The Balaban J connectivity index is 2.28. The van der Waals surface area contributed by atoms with Crippen LogP contribution >= 0.6 is 11.6 Å². The van der Waals surface area contributed by atoms with Crippen molar-refractivity contribution in [3.63, 3.8) is 0 Å². The van der Waals surface area contributed by atoms with Crippen molar-refractivity contribution in [2.75, 3.05) is 0 Å². The first kappa shape index (κ1) is 21.8. The van der Waals surface area contributed by atoms with Gasteiger partial charge in [-0.1, -0.05) is 37.6 Å². The zero-order valence-electron chi connectivity index (χ0n) is 15.2. The summed E-state index contributed by atoms with van der Waals surface area (Å²) in [6.07, 6.45) is 4.34. The molecule has 2 aromatic carbocycles. The van der Waals surface area contributed by atoms with E-state index >= 15 is 0 Å². The molecule has 28 heavy (non-hydrogen) atoms. The molecule has 0 saturated heterocycles. The van der Waals surface area contributed by atoms with Crippen LogP contribution < -0.4 is 0 Å². The number of rotatable bonds is 6. The average molecular weight is 413 g/mol. The zero-order chi connectivity index (χ0) is 21.0. The molecule has 2 aromatic rings. The molecule has 1 unspecified atom stereocenters. The van der Waals surface area contributed by atoms with E-state index in [9.17, 15) is 22.4 Å². The Morgan fingerprint density at radius 3 is 2.00 bits per heavy atom. The predicted octanol–water partition coefficient (Wildman–Crippen LogP) is 5.56. The SMILES string of the molecule is C#CCc1c(F)c(F)c(COC(=O)C(c2ccc(Cl)cc2)C(C)C)c(F)c1F. The molecule has 0 aliphatic carbocycles. The number of hydrogen-bond acceptors (Lipinski definition) is 2. The Morgan fingerprint density at radius 2 is 1.54 bits per heavy atom. The minimum absolute atomic E-state index is 0.213. The van der Waals surface area contributed by atoms with Gasteiger partial charge in [0.15, 0.2) is 23.3 Å². The fourth-order valence-electron chi connectivity index (χ4n) is 2.80. The van der Waals surface area contributed by atoms with Crippen LogP contribution in [0.3, 0.4) is 0 Å². The van der Waals surface area contributed by atoms with E-state index in [-0.39, 0.29) is 5.92 Å². The van der Waals surface area contributed by atoms with Crippen LogP contribution in [0.2, 0.25) is 5.02 Å². The first-order valence-corrected chi connectivity index (χ1v) is 8.76. The van der Waals surface area contributed by atoms with Crippen LogP contribution in [-0.4, -0.2) is 5.97 Å². The third-order valence-corrected chi connectivity index (χ3v) is 4.48. The van der Waals surface area contributed by atoms with Gasteiger partial charge in [0, 0.05) is 17.0 Å². The maximum atomic E-state index is 14.1. The van der Waals surface area contributed by atoms with Gasteiger partial charge in [-0.05, 0) is 23.6 Å². The second-order valence-corrected chi connectivity index (χ2v) is 6.91. The summed E-state index contributed by atoms with van der Waals surface area (Å²) >= 11 is 5.83. The molecule has 0 fully saturated rings. The second kappa shape index (κ2) is 9.11. The number of benzene rings is 2. The van der Waals surface area contributed by atoms with E-state index in [1.807, 2.05) is 5.92 Å². The summed E-state index contributed by atoms with van der Waals surface area (Å²) in [4.78, 5) is 12.5. The molecule has 0 bridgehead atoms. The summed E-state index contributed by atoms with van der Waals surface area (Å²) in [5, 5.41) is 0.474. The molecule has 0 aliphatic heterocycles. The molecule has 1 atom stereocenters. The summed E-state index contributed by atoms with van der Waals surface area (Å²) in [6.45, 7) is 2.56. The van der Waals surface area contributed by atoms with Gasteiger partial charge in [0.1, 0.15) is 6.61 Å². The molecular formula is C21H17ClF4O2. The monoisotopic (exact) mass is 412 g/mol. The first-order chi connectivity index (χ1) is 13.2. The molecule has 2 rings (SSSR count). The van der Waals surface area contributed by atoms with Crippen LogP contribution in [0.25, 0.3) is 0 Å². The molecule has 2 nitrogen and oxygen atoms in total. The van der Waals surface area contributed by atoms with Crippen LogP contribution in [0.4, 0.5) is 17.6 Å². The van der Waals surface area contributed by atoms with Crippen LogP contribution in [-0.2, 0) is 22.6 Å². The van der Waals surface area contributed by atoms with Gasteiger partial charge >= 0.3 is 5.97 Å². The minimum Gasteiger partial charge on any atom is -0.460 e. The van der Waals surface area contributed by atoms with Gasteiger partial charge in [0.05, 0.1) is 11.5 Å². The maximum Gasteiger partial charge on any atom is 0.314 e. The fourth-order valence-corrected chi connectivity index (χ4v) is 2.93. The Kier molecular flexibility index (Phi) is 7.09. The van der Waals surface area contributed by atoms with Gasteiger partial charge in [-0.3, -0.25) is 4.79 Å². The number of ether oxygens (including phenoxy) is 1. The van der Waals surface area contributed by atoms with Crippen LogP contribution in [0.5, 0.6) is 0 Å². The maximum absolute atomic E-state index is 14.1. The van der Waals surface area contributed by atoms with Crippen LogP contribution in [0, 0.1) is 41.5 Å². The van der Waals surface area contributed by atoms with E-state index in [1.165, 1.54) is 0 Å². The number of carbonyl (C=O) groups is 1. The van der Waals surface area contributed by atoms with E-state index in [0.29, 0.717) is 10.6 Å². The predicted molar refractivity (Wildman–Crippen MR) is 97.6 cm³/mol. The normalized spacial score (nSPS) is 12.0. The van der Waals surface area contributed by atoms with E-state index < -0.39 is 59.3 Å². The van der Waals surface area contributed by atoms with E-state index in [0.717, 1.165) is 0 Å². The number of carbonyl (C=O) groups excluding carboxylic acids is 1. The van der Waals surface area contributed by atoms with Gasteiger partial charge in [0.2, 0.25) is 0 Å². The van der Waals surface area contributed by atoms with Gasteiger partial charge < -0.3 is 4.74 Å². The molecular weight excluding hydrogens is 396 g/mol. The highest BCUT2D eigenvalue weighted by Crippen LogP contribution is 2.29. The van der Waals surface area contributed by atoms with Crippen molar-refractivity contribution in [2.24, 2.45) is 5.92 Å². The standard InChI is InChI=1S/C21H17ClF4O2/c1-4-5-14-17(23)19(25)15(20(26)18(14)24)10-28-21(27)16(11(2)3)12-6-8-13(22)9-7-12/h1,6-9,11,16H,5,10H2,2-3H3. The molecule has 0 saturated carbocycles. The molecule has 0 heterocycles. The topological polar surface area (TPSA) is 26.3 Å². The molecule has 148 valence electrons. The lowest BCUT2D eigenvalue weighted by molar-refractivity contribution is -0.148. The van der Waals surface area contributed by atoms with Gasteiger partial charge in [-0.2, -0.15) is 0 Å². The lowest BCUT2D eigenvalue weighted by Crippen LogP contribution is -2.21. The molecule has 7 heteroatoms. The lowest BCUT2D eigenvalue weighted by atomic mass is 9.88. The lowest BCUT2D eigenvalue weighted by Gasteiger charge is -2.20. The van der Waals surface area contributed by atoms with Crippen molar-refractivity contribution in [1.29, 1.82) is 0 Å². The van der Waals surface area contributed by atoms with Gasteiger partial charge in [-0.15, -0.1) is 12.3 Å². The number of hydrogen-bond donors (Lipinski definition) is 0. The molecule has 0 spiro atoms. The molecule has 0 radical (unpaired) electrons. The second-order valence-electron chi connectivity index (χ2n) is 6.47. The van der Waals surface area contributed by atoms with Crippen molar-refractivity contribution < 1.29 is 27.1 Å². The number of esters is 1. The van der Waals surface area contributed by atoms with Crippen molar-refractivity contribution in [3.05, 3.63) is 69.2 Å². The van der Waals surface area contributed by atoms with E-state index in [1.54, 1.807) is 38.1 Å². The van der Waals surface area contributed by atoms with Crippen molar-refractivity contribution in [1.82, 2.24) is 0 Å². The summed E-state index contributed by atoms with van der Waals surface area (Å²) in [5.74, 6) is -6.28. The smallest absolute Gasteiger partial charge is 0.314 e. The van der Waals surface area contributed by atoms with Gasteiger partial charge in [0.25, 0.3) is 0 Å². The largest absolute Gasteiger partial charge is 0.460 e. The summed E-state index contributed by atoms with van der Waals surface area (Å²) in [7, 11) is 0. The molecule has 0 aliphatic rings. The summed E-state index contributed by atoms with van der Waals surface area (Å²) < 4.78 is 61.2. The van der Waals surface area contributed by atoms with Gasteiger partial charge in [-0.25, -0.2) is 17.6 Å². The van der Waals surface area contributed by atoms with E-state index in [4.69, 9.17) is 22.8 Å². The van der Waals surface area contributed by atoms with E-state index in [2.05, 4.69) is 0 Å². The summed E-state index contributed by atoms with van der Waals surface area (Å²) in [6, 6.07) is 6.44. The highest BCUT2D eigenvalue weighted by atomic mass is 35.5. The van der Waals surface area contributed by atoms with Crippen LogP contribution in [0.1, 0.15) is 36.5 Å². The van der Waals surface area contributed by atoms with Crippen molar-refractivity contribution in [3.8, 4) is 12.3 Å². The zero-order valence-corrected chi connectivity index (χ0v) is 15.9. The molecule has 0 N–H and O–H groups in total. The van der Waals surface area contributed by atoms with Crippen LogP contribution in [0.15, 0.2) is 24.3 Å². The fraction of sp³-hybridized carbons (Fsp3) is 0.286. The molecule has 0 aromatic heterocycles. The van der Waals surface area contributed by atoms with Crippen molar-refractivity contribution >= 4 is 17.6 Å². The summed E-state index contributed by atoms with van der Waals surface area (Å²) in [5.41, 5.74) is -1.30. The Bertz CT molecular complexity index is 888. The molecule has 0 amide bonds. The third-order valence-electron chi connectivity index (χ3n) is 4.23. The highest BCUT2D eigenvalue weighted by molar-refractivity contribution is 6.30.